The standard InChI is InChI=1S/C36H34BrFN2O5/c1-2-44-31-16-22(15-30(37)32(31)45-20-21-3-7-27(38)8-4-21)14-29-33(41)39-35(43)40(34(29)42)28-9-5-26(6-10-28)36-17-23-11-24(18-36)13-25(12-23)19-36/h3-10,14-16,23-25H,2,11-13,17-20H2,1H3,(H,39,41,43)/b29-14+. The van der Waals surface area contributed by atoms with Crippen molar-refractivity contribution >= 4 is 45.5 Å². The first-order valence-corrected chi connectivity index (χ1v) is 16.4. The summed E-state index contributed by atoms with van der Waals surface area (Å²) >= 11 is 3.53. The van der Waals surface area contributed by atoms with Crippen LogP contribution in [0.15, 0.2) is 70.7 Å². The van der Waals surface area contributed by atoms with E-state index in [2.05, 4.69) is 33.4 Å². The second-order valence-corrected chi connectivity index (χ2v) is 13.7. The number of rotatable bonds is 8. The molecule has 0 radical (unpaired) electrons. The lowest BCUT2D eigenvalue weighted by atomic mass is 9.48. The molecule has 5 fully saturated rings. The minimum absolute atomic E-state index is 0.172. The number of nitrogens with zero attached hydrogens (tertiary/aromatic N) is 1. The Kier molecular flexibility index (Phi) is 7.76. The molecule has 0 atom stereocenters. The number of carbonyl (C=O) groups is 3. The molecule has 4 bridgehead atoms. The van der Waals surface area contributed by atoms with Crippen LogP contribution >= 0.6 is 15.9 Å². The lowest BCUT2D eigenvalue weighted by Gasteiger charge is -2.57. The molecule has 0 aromatic heterocycles. The normalized spacial score (nSPS) is 26.4. The summed E-state index contributed by atoms with van der Waals surface area (Å²) in [7, 11) is 0. The molecule has 45 heavy (non-hydrogen) atoms. The fourth-order valence-corrected chi connectivity index (χ4v) is 8.87. The van der Waals surface area contributed by atoms with E-state index in [0.29, 0.717) is 33.8 Å². The second kappa shape index (κ2) is 11.7. The van der Waals surface area contributed by atoms with E-state index in [0.717, 1.165) is 28.2 Å². The zero-order chi connectivity index (χ0) is 31.3. The highest BCUT2D eigenvalue weighted by atomic mass is 79.9. The van der Waals surface area contributed by atoms with Crippen molar-refractivity contribution in [2.45, 2.75) is 57.5 Å². The predicted molar refractivity (Wildman–Crippen MR) is 171 cm³/mol. The smallest absolute Gasteiger partial charge is 0.335 e. The van der Waals surface area contributed by atoms with Gasteiger partial charge in [-0.3, -0.25) is 14.9 Å². The van der Waals surface area contributed by atoms with Gasteiger partial charge in [0.15, 0.2) is 11.5 Å². The first kappa shape index (κ1) is 29.7. The number of barbiturate groups is 1. The number of carbonyl (C=O) groups excluding carboxylic acids is 3. The van der Waals surface area contributed by atoms with Crippen LogP contribution in [0.3, 0.4) is 0 Å². The number of amides is 4. The van der Waals surface area contributed by atoms with E-state index >= 15 is 0 Å². The van der Waals surface area contributed by atoms with Crippen LogP contribution in [0.5, 0.6) is 11.5 Å². The summed E-state index contributed by atoms with van der Waals surface area (Å²) < 4.78 is 25.7. The minimum atomic E-state index is -0.773. The number of ether oxygens (including phenoxy) is 2. The number of imide groups is 2. The maximum Gasteiger partial charge on any atom is 0.335 e. The van der Waals surface area contributed by atoms with Gasteiger partial charge in [0.05, 0.1) is 16.8 Å². The van der Waals surface area contributed by atoms with Gasteiger partial charge in [-0.15, -0.1) is 0 Å². The summed E-state index contributed by atoms with van der Waals surface area (Å²) in [4.78, 5) is 40.6. The van der Waals surface area contributed by atoms with Crippen LogP contribution in [0.2, 0.25) is 0 Å². The topological polar surface area (TPSA) is 84.9 Å². The van der Waals surface area contributed by atoms with Crippen molar-refractivity contribution in [1.29, 1.82) is 0 Å². The summed E-state index contributed by atoms with van der Waals surface area (Å²) in [6.07, 6.45) is 9.18. The van der Waals surface area contributed by atoms with Gasteiger partial charge in [0.2, 0.25) is 0 Å². The van der Waals surface area contributed by atoms with Crippen molar-refractivity contribution in [3.05, 3.63) is 93.2 Å². The molecular formula is C36H34BrFN2O5. The number of halogens is 2. The van der Waals surface area contributed by atoms with E-state index in [-0.39, 0.29) is 23.4 Å². The van der Waals surface area contributed by atoms with Crippen molar-refractivity contribution in [3.63, 3.8) is 0 Å². The number of benzene rings is 3. The molecule has 5 aliphatic rings. The summed E-state index contributed by atoms with van der Waals surface area (Å²) in [5.41, 5.74) is 3.01. The van der Waals surface area contributed by atoms with E-state index in [1.807, 2.05) is 19.1 Å². The van der Waals surface area contributed by atoms with E-state index in [1.54, 1.807) is 24.3 Å². The number of anilines is 1. The van der Waals surface area contributed by atoms with Crippen LogP contribution < -0.4 is 19.7 Å². The highest BCUT2D eigenvalue weighted by Gasteiger charge is 2.51. The molecule has 1 aliphatic heterocycles. The van der Waals surface area contributed by atoms with E-state index < -0.39 is 17.8 Å². The van der Waals surface area contributed by atoms with Gasteiger partial charge in [-0.1, -0.05) is 24.3 Å². The van der Waals surface area contributed by atoms with Crippen molar-refractivity contribution < 1.29 is 28.2 Å². The van der Waals surface area contributed by atoms with Gasteiger partial charge >= 0.3 is 6.03 Å². The van der Waals surface area contributed by atoms with E-state index in [9.17, 15) is 18.8 Å². The summed E-state index contributed by atoms with van der Waals surface area (Å²) in [5.74, 6) is 1.46. The molecule has 1 N–H and O–H groups in total. The van der Waals surface area contributed by atoms with Crippen LogP contribution in [0, 0.1) is 23.6 Å². The number of nitrogens with one attached hydrogen (secondary N) is 1. The average molecular weight is 674 g/mol. The molecular weight excluding hydrogens is 639 g/mol. The molecule has 8 rings (SSSR count). The predicted octanol–water partition coefficient (Wildman–Crippen LogP) is 7.70. The molecule has 1 heterocycles. The van der Waals surface area contributed by atoms with Gasteiger partial charge in [0, 0.05) is 0 Å². The summed E-state index contributed by atoms with van der Waals surface area (Å²) in [5, 5.41) is 2.32. The van der Waals surface area contributed by atoms with Gasteiger partial charge in [0.1, 0.15) is 18.0 Å². The zero-order valence-electron chi connectivity index (χ0n) is 25.0. The Hall–Kier alpha value is -3.98. The molecule has 7 nitrogen and oxygen atoms in total. The highest BCUT2D eigenvalue weighted by Crippen LogP contribution is 2.60. The maximum absolute atomic E-state index is 13.7. The molecule has 0 spiro atoms. The number of hydrogen-bond acceptors (Lipinski definition) is 5. The largest absolute Gasteiger partial charge is 0.490 e. The Labute approximate surface area is 269 Å². The van der Waals surface area contributed by atoms with Crippen LogP contribution in [0.1, 0.15) is 62.1 Å². The molecule has 4 saturated carbocycles. The van der Waals surface area contributed by atoms with Gasteiger partial charge in [-0.2, -0.15) is 0 Å². The Morgan fingerprint density at radius 1 is 0.933 bits per heavy atom. The Balaban J connectivity index is 1.14. The number of urea groups is 1. The Morgan fingerprint density at radius 3 is 2.20 bits per heavy atom. The van der Waals surface area contributed by atoms with Crippen molar-refractivity contribution in [2.75, 3.05) is 11.5 Å². The third-order valence-electron chi connectivity index (χ3n) is 9.82. The molecule has 232 valence electrons. The van der Waals surface area contributed by atoms with Crippen molar-refractivity contribution in [2.24, 2.45) is 17.8 Å². The first-order valence-electron chi connectivity index (χ1n) is 15.6. The molecule has 3 aromatic rings. The monoisotopic (exact) mass is 672 g/mol. The molecule has 1 saturated heterocycles. The van der Waals surface area contributed by atoms with E-state index in [4.69, 9.17) is 9.47 Å². The summed E-state index contributed by atoms with van der Waals surface area (Å²) in [6, 6.07) is 16.4. The van der Waals surface area contributed by atoms with Crippen LogP contribution in [-0.2, 0) is 21.6 Å². The lowest BCUT2D eigenvalue weighted by molar-refractivity contribution is -0.122. The maximum atomic E-state index is 13.7. The molecule has 3 aromatic carbocycles. The van der Waals surface area contributed by atoms with Crippen molar-refractivity contribution in [3.8, 4) is 11.5 Å². The van der Waals surface area contributed by atoms with Crippen LogP contribution in [-0.4, -0.2) is 24.5 Å². The van der Waals surface area contributed by atoms with E-state index in [1.165, 1.54) is 62.3 Å². The Morgan fingerprint density at radius 2 is 1.58 bits per heavy atom. The second-order valence-electron chi connectivity index (χ2n) is 12.9. The van der Waals surface area contributed by atoms with Gasteiger partial charge in [-0.05, 0) is 144 Å². The van der Waals surface area contributed by atoms with Crippen molar-refractivity contribution in [1.82, 2.24) is 5.32 Å². The molecule has 4 aliphatic carbocycles. The quantitative estimate of drug-likeness (QED) is 0.196. The van der Waals surface area contributed by atoms with Crippen LogP contribution in [0.4, 0.5) is 14.9 Å². The zero-order valence-corrected chi connectivity index (χ0v) is 26.6. The molecule has 4 amide bonds. The average Bonchev–Trinajstić information content (AvgIpc) is 2.99. The lowest BCUT2D eigenvalue weighted by Crippen LogP contribution is -2.54. The van der Waals surface area contributed by atoms with Gasteiger partial charge in [0.25, 0.3) is 11.8 Å². The molecule has 0 unspecified atom stereocenters. The van der Waals surface area contributed by atoms with Gasteiger partial charge in [-0.25, -0.2) is 14.1 Å². The van der Waals surface area contributed by atoms with Crippen LogP contribution in [0.25, 0.3) is 6.08 Å². The highest BCUT2D eigenvalue weighted by molar-refractivity contribution is 9.10. The fraction of sp³-hybridized carbons (Fsp3) is 0.361. The third kappa shape index (κ3) is 5.67. The third-order valence-corrected chi connectivity index (χ3v) is 10.4. The number of hydrogen-bond donors (Lipinski definition) is 1. The fourth-order valence-electron chi connectivity index (χ4n) is 8.30. The first-order chi connectivity index (χ1) is 21.7. The summed E-state index contributed by atoms with van der Waals surface area (Å²) in [6.45, 7) is 2.36. The van der Waals surface area contributed by atoms with Gasteiger partial charge < -0.3 is 9.47 Å². The molecule has 9 heteroatoms. The Bertz CT molecular complexity index is 1670. The SMILES string of the molecule is CCOc1cc(/C=C2\C(=O)NC(=O)N(c3ccc(C45CC6CC(CC(C6)C4)C5)cc3)C2=O)cc(Br)c1OCc1ccc(F)cc1. The minimum Gasteiger partial charge on any atom is -0.490 e.